The number of Topliss-reactive ketones (excluding diaryl/α,β-unsaturated/α-hetero) is 1. The number of ether oxygens (including phenoxy) is 1. The molecule has 0 fully saturated rings. The van der Waals surface area contributed by atoms with Crippen LogP contribution in [0.25, 0.3) is 0 Å². The van der Waals surface area contributed by atoms with Gasteiger partial charge in [-0.05, 0) is 37.3 Å². The molecule has 0 aliphatic heterocycles. The maximum absolute atomic E-state index is 12.1. The van der Waals surface area contributed by atoms with Crippen LogP contribution < -0.4 is 4.74 Å². The Morgan fingerprint density at radius 1 is 1.30 bits per heavy atom. The van der Waals surface area contributed by atoms with Crippen LogP contribution in [0.1, 0.15) is 23.3 Å². The van der Waals surface area contributed by atoms with Crippen LogP contribution in [0.5, 0.6) is 5.75 Å². The highest BCUT2D eigenvalue weighted by Gasteiger charge is 2.31. The molecule has 7 heteroatoms. The van der Waals surface area contributed by atoms with E-state index in [4.69, 9.17) is 0 Å². The van der Waals surface area contributed by atoms with Crippen molar-refractivity contribution in [2.45, 2.75) is 19.3 Å². The molecule has 0 saturated heterocycles. The molecule has 1 atom stereocenters. The van der Waals surface area contributed by atoms with Gasteiger partial charge in [-0.2, -0.15) is 5.10 Å². The number of hydrogen-bond donors (Lipinski definition) is 0. The van der Waals surface area contributed by atoms with Crippen LogP contribution in [-0.2, 0) is 0 Å². The Hall–Kier alpha value is -2.31. The zero-order chi connectivity index (χ0) is 14.8. The van der Waals surface area contributed by atoms with E-state index in [1.54, 1.807) is 25.4 Å². The molecule has 0 aliphatic carbocycles. The van der Waals surface area contributed by atoms with Gasteiger partial charge in [0.05, 0.1) is 0 Å². The third-order valence-electron chi connectivity index (χ3n) is 2.67. The van der Waals surface area contributed by atoms with Crippen LogP contribution in [0.3, 0.4) is 0 Å². The second-order valence-electron chi connectivity index (χ2n) is 4.10. The Morgan fingerprint density at radius 3 is 2.45 bits per heavy atom. The number of carbonyl (C=O) groups is 1. The molecule has 1 unspecified atom stereocenters. The zero-order valence-corrected chi connectivity index (χ0v) is 10.5. The molecule has 20 heavy (non-hydrogen) atoms. The number of hydrogen-bond acceptors (Lipinski definition) is 3. The van der Waals surface area contributed by atoms with Crippen molar-refractivity contribution in [3.63, 3.8) is 0 Å². The molecule has 1 aromatic heterocycles. The molecular formula is C13H11F3N2O2. The standard InChI is InChI=1S/C13H11F3N2O2/c1-9(18-8-2-7-17-18)12(19)10-3-5-11(6-4-10)20-13(14,15)16/h2-9H,1H3. The average Bonchev–Trinajstić information content (AvgIpc) is 2.90. The van der Waals surface area contributed by atoms with Crippen LogP contribution >= 0.6 is 0 Å². The highest BCUT2D eigenvalue weighted by molar-refractivity contribution is 5.98. The number of ketones is 1. The minimum absolute atomic E-state index is 0.243. The van der Waals surface area contributed by atoms with Crippen molar-refractivity contribution < 1.29 is 22.7 Å². The third-order valence-corrected chi connectivity index (χ3v) is 2.67. The fraction of sp³-hybridized carbons (Fsp3) is 0.231. The van der Waals surface area contributed by atoms with Gasteiger partial charge in [0, 0.05) is 18.0 Å². The maximum Gasteiger partial charge on any atom is 0.573 e. The summed E-state index contributed by atoms with van der Waals surface area (Å²) in [7, 11) is 0. The molecular weight excluding hydrogens is 273 g/mol. The summed E-state index contributed by atoms with van der Waals surface area (Å²) in [4.78, 5) is 12.1. The molecule has 0 radical (unpaired) electrons. The van der Waals surface area contributed by atoms with Gasteiger partial charge >= 0.3 is 6.36 Å². The summed E-state index contributed by atoms with van der Waals surface area (Å²) in [6.45, 7) is 1.66. The van der Waals surface area contributed by atoms with Crippen molar-refractivity contribution in [2.75, 3.05) is 0 Å². The van der Waals surface area contributed by atoms with E-state index in [1.165, 1.54) is 16.8 Å². The maximum atomic E-state index is 12.1. The van der Waals surface area contributed by atoms with E-state index in [0.717, 1.165) is 12.1 Å². The van der Waals surface area contributed by atoms with E-state index in [-0.39, 0.29) is 11.5 Å². The Balaban J connectivity index is 2.12. The van der Waals surface area contributed by atoms with E-state index >= 15 is 0 Å². The van der Waals surface area contributed by atoms with Crippen LogP contribution in [0.2, 0.25) is 0 Å². The summed E-state index contributed by atoms with van der Waals surface area (Å²) in [6, 6.07) is 5.96. The summed E-state index contributed by atoms with van der Waals surface area (Å²) in [5.74, 6) is -0.604. The molecule has 106 valence electrons. The van der Waals surface area contributed by atoms with E-state index in [9.17, 15) is 18.0 Å². The Bertz CT molecular complexity index is 577. The third kappa shape index (κ3) is 3.37. The van der Waals surface area contributed by atoms with Crippen molar-refractivity contribution in [2.24, 2.45) is 0 Å². The molecule has 0 spiro atoms. The molecule has 2 aromatic rings. The first-order chi connectivity index (χ1) is 9.37. The lowest BCUT2D eigenvalue weighted by molar-refractivity contribution is -0.274. The van der Waals surface area contributed by atoms with E-state index < -0.39 is 12.4 Å². The van der Waals surface area contributed by atoms with Crippen molar-refractivity contribution >= 4 is 5.78 Å². The second kappa shape index (κ2) is 5.36. The van der Waals surface area contributed by atoms with Gasteiger partial charge in [-0.25, -0.2) is 0 Å². The van der Waals surface area contributed by atoms with Crippen molar-refractivity contribution in [1.29, 1.82) is 0 Å². The lowest BCUT2D eigenvalue weighted by Crippen LogP contribution is -2.18. The summed E-state index contributed by atoms with van der Waals surface area (Å²) in [5, 5.41) is 3.95. The topological polar surface area (TPSA) is 44.1 Å². The number of alkyl halides is 3. The molecule has 2 rings (SSSR count). The molecule has 1 aromatic carbocycles. The molecule has 0 saturated carbocycles. The smallest absolute Gasteiger partial charge is 0.406 e. The monoisotopic (exact) mass is 284 g/mol. The van der Waals surface area contributed by atoms with Crippen LogP contribution in [0, 0.1) is 0 Å². The molecule has 4 nitrogen and oxygen atoms in total. The SMILES string of the molecule is CC(C(=O)c1ccc(OC(F)(F)F)cc1)n1cccn1. The normalized spacial score (nSPS) is 13.0. The van der Waals surface area contributed by atoms with E-state index in [0.29, 0.717) is 5.56 Å². The molecule has 0 bridgehead atoms. The number of nitrogens with zero attached hydrogens (tertiary/aromatic N) is 2. The average molecular weight is 284 g/mol. The largest absolute Gasteiger partial charge is 0.573 e. The predicted molar refractivity (Wildman–Crippen MR) is 64.4 cm³/mol. The molecule has 0 amide bonds. The lowest BCUT2D eigenvalue weighted by Gasteiger charge is -2.12. The summed E-state index contributed by atoms with van der Waals surface area (Å²) < 4.78 is 41.3. The van der Waals surface area contributed by atoms with E-state index in [1.807, 2.05) is 0 Å². The quantitative estimate of drug-likeness (QED) is 0.810. The van der Waals surface area contributed by atoms with Crippen LogP contribution in [0.15, 0.2) is 42.7 Å². The number of carbonyl (C=O) groups excluding carboxylic acids is 1. The Morgan fingerprint density at radius 2 is 1.95 bits per heavy atom. The first-order valence-corrected chi connectivity index (χ1v) is 5.76. The Kier molecular flexibility index (Phi) is 3.78. The fourth-order valence-electron chi connectivity index (χ4n) is 1.69. The van der Waals surface area contributed by atoms with Crippen LogP contribution in [0.4, 0.5) is 13.2 Å². The van der Waals surface area contributed by atoms with Crippen molar-refractivity contribution in [3.05, 3.63) is 48.3 Å². The molecule has 0 N–H and O–H groups in total. The predicted octanol–water partition coefficient (Wildman–Crippen LogP) is 3.23. The number of aromatic nitrogens is 2. The second-order valence-corrected chi connectivity index (χ2v) is 4.10. The van der Waals surface area contributed by atoms with Gasteiger partial charge < -0.3 is 4.74 Å². The highest BCUT2D eigenvalue weighted by Crippen LogP contribution is 2.23. The van der Waals surface area contributed by atoms with Crippen molar-refractivity contribution in [1.82, 2.24) is 9.78 Å². The van der Waals surface area contributed by atoms with Gasteiger partial charge in [0.2, 0.25) is 0 Å². The van der Waals surface area contributed by atoms with E-state index in [2.05, 4.69) is 9.84 Å². The Labute approximate surface area is 112 Å². The van der Waals surface area contributed by atoms with Crippen molar-refractivity contribution in [3.8, 4) is 5.75 Å². The highest BCUT2D eigenvalue weighted by atomic mass is 19.4. The van der Waals surface area contributed by atoms with Gasteiger partial charge in [-0.3, -0.25) is 9.48 Å². The van der Waals surface area contributed by atoms with Gasteiger partial charge in [0.15, 0.2) is 5.78 Å². The summed E-state index contributed by atoms with van der Waals surface area (Å²) >= 11 is 0. The first-order valence-electron chi connectivity index (χ1n) is 5.76. The molecule has 1 heterocycles. The summed E-state index contributed by atoms with van der Waals surface area (Å²) in [6.07, 6.45) is -1.55. The minimum Gasteiger partial charge on any atom is -0.406 e. The number of halogens is 3. The first kappa shape index (κ1) is 14.1. The summed E-state index contributed by atoms with van der Waals surface area (Å²) in [5.41, 5.74) is 0.294. The fourth-order valence-corrected chi connectivity index (χ4v) is 1.69. The van der Waals surface area contributed by atoms with Crippen LogP contribution in [-0.4, -0.2) is 21.9 Å². The van der Waals surface area contributed by atoms with Gasteiger partial charge in [0.25, 0.3) is 0 Å². The molecule has 0 aliphatic rings. The minimum atomic E-state index is -4.74. The zero-order valence-electron chi connectivity index (χ0n) is 10.5. The number of benzene rings is 1. The van der Waals surface area contributed by atoms with Gasteiger partial charge in [-0.15, -0.1) is 13.2 Å². The van der Waals surface area contributed by atoms with Gasteiger partial charge in [0.1, 0.15) is 11.8 Å². The lowest BCUT2D eigenvalue weighted by atomic mass is 10.1. The number of rotatable bonds is 4. The van der Waals surface area contributed by atoms with Gasteiger partial charge in [-0.1, -0.05) is 0 Å².